The van der Waals surface area contributed by atoms with Gasteiger partial charge < -0.3 is 40.1 Å². The third-order valence-electron chi connectivity index (χ3n) is 15.3. The van der Waals surface area contributed by atoms with Gasteiger partial charge in [-0.2, -0.15) is 16.8 Å². The van der Waals surface area contributed by atoms with Crippen molar-refractivity contribution >= 4 is 76.3 Å². The molecule has 0 aromatic heterocycles. The van der Waals surface area contributed by atoms with Crippen molar-refractivity contribution in [3.05, 3.63) is 59.1 Å². The van der Waals surface area contributed by atoms with E-state index in [0.29, 0.717) is 12.8 Å². The molecular weight excluding hydrogens is 903 g/mol. The number of nitrogens with zero attached hydrogens (tertiary/aromatic N) is 5. The lowest BCUT2D eigenvalue weighted by Gasteiger charge is -2.45. The Balaban J connectivity index is 0.872. The molecule has 8 heterocycles. The highest BCUT2D eigenvalue weighted by molar-refractivity contribution is 7.92. The fraction of sp³-hybridized carbons (Fsp3) is 0.535. The molecule has 0 radical (unpaired) electrons. The maximum absolute atomic E-state index is 14.4. The van der Waals surface area contributed by atoms with E-state index in [-0.39, 0.29) is 106 Å². The maximum atomic E-state index is 14.4. The molecule has 4 bridgehead atoms. The van der Waals surface area contributed by atoms with Crippen LogP contribution in [0.2, 0.25) is 0 Å². The summed E-state index contributed by atoms with van der Waals surface area (Å²) < 4.78 is 105. The molecule has 2 aliphatic carbocycles. The van der Waals surface area contributed by atoms with E-state index in [4.69, 9.17) is 9.47 Å². The van der Waals surface area contributed by atoms with Crippen LogP contribution in [-0.4, -0.2) is 124 Å². The summed E-state index contributed by atoms with van der Waals surface area (Å²) in [4.78, 5) is 31.4. The Bertz CT molecular complexity index is 2790. The summed E-state index contributed by atoms with van der Waals surface area (Å²) in [5, 5.41) is 29.3. The molecule has 8 atom stereocenters. The molecular formula is C43H47N7O12S3. The molecule has 0 spiro atoms. The van der Waals surface area contributed by atoms with Crippen molar-refractivity contribution < 1.29 is 54.5 Å². The van der Waals surface area contributed by atoms with E-state index in [1.807, 2.05) is 0 Å². The molecule has 19 nitrogen and oxygen atoms in total. The average Bonchev–Trinajstić information content (AvgIpc) is 4.12. The number of fused-ring (bicyclic) bond motifs is 12. The average molecular weight is 950 g/mol. The zero-order valence-electron chi connectivity index (χ0n) is 35.2. The van der Waals surface area contributed by atoms with E-state index in [0.717, 1.165) is 86.9 Å². The molecule has 22 heteroatoms. The van der Waals surface area contributed by atoms with Crippen LogP contribution in [0.15, 0.2) is 77.6 Å². The fourth-order valence-electron chi connectivity index (χ4n) is 12.7. The first-order chi connectivity index (χ1) is 31.0. The van der Waals surface area contributed by atoms with Gasteiger partial charge in [-0.05, 0) is 87.8 Å². The van der Waals surface area contributed by atoms with Crippen LogP contribution in [0.3, 0.4) is 0 Å². The number of nitrogens with one attached hydrogen (secondary N) is 2. The number of rotatable bonds is 7. The lowest BCUT2D eigenvalue weighted by Crippen LogP contribution is -2.59. The lowest BCUT2D eigenvalue weighted by molar-refractivity contribution is -0.136. The molecule has 4 N–H and O–H groups in total. The second-order valence-corrected chi connectivity index (χ2v) is 23.9. The smallest absolute Gasteiger partial charge is 0.286 e. The van der Waals surface area contributed by atoms with Gasteiger partial charge in [-0.15, -0.1) is 8.80 Å². The first-order valence-electron chi connectivity index (χ1n) is 22.4. The first kappa shape index (κ1) is 41.4. The van der Waals surface area contributed by atoms with E-state index in [9.17, 15) is 45.1 Å². The monoisotopic (exact) mass is 949 g/mol. The minimum Gasteiger partial charge on any atom is -0.511 e. The van der Waals surface area contributed by atoms with Crippen molar-refractivity contribution in [1.82, 2.24) is 9.80 Å². The molecule has 10 aliphatic rings. The zero-order chi connectivity index (χ0) is 45.1. The molecule has 8 unspecified atom stereocenters. The third-order valence-corrected chi connectivity index (χ3v) is 19.0. The van der Waals surface area contributed by atoms with Gasteiger partial charge in [0, 0.05) is 12.1 Å². The lowest BCUT2D eigenvalue weighted by atomic mass is 9.77. The van der Waals surface area contributed by atoms with Gasteiger partial charge in [0.25, 0.3) is 31.9 Å². The fourth-order valence-corrected chi connectivity index (χ4v) is 16.0. The van der Waals surface area contributed by atoms with Crippen LogP contribution in [0.1, 0.15) is 77.0 Å². The Kier molecular flexibility index (Phi) is 9.07. The molecule has 6 fully saturated rings. The largest absolute Gasteiger partial charge is 0.511 e. The Morgan fingerprint density at radius 3 is 1.40 bits per heavy atom. The number of aliphatic hydroxyl groups excluding tert-OH is 2. The Morgan fingerprint density at radius 2 is 1.02 bits per heavy atom. The van der Waals surface area contributed by atoms with Crippen LogP contribution < -0.4 is 14.9 Å². The Morgan fingerprint density at radius 1 is 0.631 bits per heavy atom. The normalized spacial score (nSPS) is 33.4. The molecule has 344 valence electrons. The summed E-state index contributed by atoms with van der Waals surface area (Å²) in [6.07, 6.45) is 9.54. The highest BCUT2D eigenvalue weighted by atomic mass is 32.2. The quantitative estimate of drug-likeness (QED) is 0.305. The number of benzene rings is 2. The number of amidine groups is 2. The first-order valence-corrected chi connectivity index (χ1v) is 27.1. The van der Waals surface area contributed by atoms with E-state index >= 15 is 0 Å². The van der Waals surface area contributed by atoms with Gasteiger partial charge in [-0.25, -0.2) is 12.7 Å². The molecule has 8 aliphatic heterocycles. The van der Waals surface area contributed by atoms with Crippen LogP contribution in [-0.2, 0) is 49.1 Å². The van der Waals surface area contributed by atoms with E-state index in [1.54, 1.807) is 9.80 Å². The Labute approximate surface area is 375 Å². The van der Waals surface area contributed by atoms with E-state index in [1.165, 1.54) is 24.3 Å². The van der Waals surface area contributed by atoms with Gasteiger partial charge in [0.2, 0.25) is 10.0 Å². The van der Waals surface area contributed by atoms with Crippen LogP contribution in [0.4, 0.5) is 22.7 Å². The molecule has 4 saturated heterocycles. The Hall–Kier alpha value is -5.03. The maximum Gasteiger partial charge on any atom is 0.286 e. The molecule has 2 amide bonds. The predicted molar refractivity (Wildman–Crippen MR) is 234 cm³/mol. The number of hydrogen-bond acceptors (Lipinski definition) is 14. The standard InChI is InChI=1S/C43H47N7O12S3/c1-63(55,56)50(22-10-12-24-30(18-22)64(57,58)46-40(44-24)34-38(51)32-26-14-16-28(61-26)36(32)48(42(34)53)20-6-2-3-7-20)23-11-13-25-31(19-23)65(59,60)47-41(45-25)35-39(52)33-27-15-17-29(62-27)37(33)49(43(35)54)21-8-4-5-9-21/h10-13,18-21,26-29,32-33,36-37,51-52H,2-9,14-17H2,1H3,(H,44,46)(H,45,47). The van der Waals surface area contributed by atoms with Crippen molar-refractivity contribution in [2.75, 3.05) is 21.2 Å². The number of amides is 2. The molecule has 65 heavy (non-hydrogen) atoms. The topological polar surface area (TPSA) is 254 Å². The summed E-state index contributed by atoms with van der Waals surface area (Å²) in [5.74, 6) is -3.37. The number of sulfonamides is 3. The second kappa shape index (κ2) is 14.2. The zero-order valence-corrected chi connectivity index (χ0v) is 37.6. The van der Waals surface area contributed by atoms with Gasteiger partial charge in [0.05, 0.1) is 77.3 Å². The van der Waals surface area contributed by atoms with Crippen LogP contribution in [0.25, 0.3) is 0 Å². The number of carbonyl (C=O) groups is 2. The van der Waals surface area contributed by atoms with E-state index < -0.39 is 63.5 Å². The number of ether oxygens (including phenoxy) is 2. The number of carbonyl (C=O) groups excluding carboxylic acids is 2. The number of hydrogen-bond donors (Lipinski definition) is 4. The summed E-state index contributed by atoms with van der Waals surface area (Å²) in [5.41, 5.74) is -0.888. The number of anilines is 4. The molecule has 2 aromatic carbocycles. The van der Waals surface area contributed by atoms with Gasteiger partial charge in [-0.3, -0.25) is 9.59 Å². The summed E-state index contributed by atoms with van der Waals surface area (Å²) in [6.45, 7) is 0. The number of aliphatic hydroxyl groups is 2. The summed E-state index contributed by atoms with van der Waals surface area (Å²) >= 11 is 0. The minimum absolute atomic E-state index is 0.0252. The van der Waals surface area contributed by atoms with Crippen molar-refractivity contribution in [2.24, 2.45) is 20.6 Å². The molecule has 12 rings (SSSR count). The van der Waals surface area contributed by atoms with Crippen LogP contribution in [0.5, 0.6) is 0 Å². The molecule has 2 saturated carbocycles. The predicted octanol–water partition coefficient (Wildman–Crippen LogP) is 4.10. The van der Waals surface area contributed by atoms with Crippen molar-refractivity contribution in [3.8, 4) is 0 Å². The summed E-state index contributed by atoms with van der Waals surface area (Å²) in [7, 11) is -13.6. The third kappa shape index (κ3) is 6.11. The highest BCUT2D eigenvalue weighted by Crippen LogP contribution is 2.52. The van der Waals surface area contributed by atoms with Crippen LogP contribution in [0, 0.1) is 11.8 Å². The minimum atomic E-state index is -4.65. The van der Waals surface area contributed by atoms with E-state index in [2.05, 4.69) is 19.4 Å². The SMILES string of the molecule is CS(=O)(=O)N(c1ccc2c(c1)S(=O)(=O)N=C(C1=C(O)C3C4CCC(O4)C3N(C3CCCC3)C1=O)N2)c1ccc2c(c1)S(=O)(=O)N=C(C1=C(O)C3C4CCC(O4)C3N(C3CCCC3)C1=O)N2. The van der Waals surface area contributed by atoms with Crippen molar-refractivity contribution in [2.45, 2.75) is 135 Å². The van der Waals surface area contributed by atoms with Gasteiger partial charge in [-0.1, -0.05) is 25.7 Å². The van der Waals surface area contributed by atoms with Crippen molar-refractivity contribution in [1.29, 1.82) is 0 Å². The highest BCUT2D eigenvalue weighted by Gasteiger charge is 2.61. The summed E-state index contributed by atoms with van der Waals surface area (Å²) in [6, 6.07) is 6.52. The van der Waals surface area contributed by atoms with Gasteiger partial charge >= 0.3 is 0 Å². The van der Waals surface area contributed by atoms with Gasteiger partial charge in [0.15, 0.2) is 11.7 Å². The van der Waals surface area contributed by atoms with Crippen molar-refractivity contribution in [3.63, 3.8) is 0 Å². The second-order valence-electron chi connectivity index (χ2n) is 18.9. The van der Waals surface area contributed by atoms with Crippen LogP contribution >= 0.6 is 0 Å². The molecule has 2 aromatic rings. The van der Waals surface area contributed by atoms with Gasteiger partial charge in [0.1, 0.15) is 32.5 Å².